The van der Waals surface area contributed by atoms with Crippen molar-refractivity contribution < 1.29 is 13.9 Å². The van der Waals surface area contributed by atoms with Gasteiger partial charge in [-0.3, -0.25) is 9.80 Å². The Kier molecular flexibility index (Phi) is 5.18. The number of hydrogen-bond donors (Lipinski definition) is 2. The van der Waals surface area contributed by atoms with E-state index in [2.05, 4.69) is 9.97 Å². The van der Waals surface area contributed by atoms with Crippen molar-refractivity contribution in [2.75, 3.05) is 12.1 Å². The molecule has 0 radical (unpaired) electrons. The zero-order chi connectivity index (χ0) is 19.6. The number of amides is 1. The summed E-state index contributed by atoms with van der Waals surface area (Å²) in [6.07, 6.45) is 1.92. The van der Waals surface area contributed by atoms with Crippen LogP contribution in [0, 0.1) is 5.82 Å². The third kappa shape index (κ3) is 3.52. The summed E-state index contributed by atoms with van der Waals surface area (Å²) < 4.78 is 18.9. The highest BCUT2D eigenvalue weighted by Gasteiger charge is 2.22. The van der Waals surface area contributed by atoms with E-state index >= 15 is 0 Å². The van der Waals surface area contributed by atoms with Gasteiger partial charge in [0.25, 0.3) is 5.91 Å². The largest absolute Gasteiger partial charge is 0.497 e. The molecule has 0 aliphatic carbocycles. The molecule has 2 aromatic carbocycles. The molecule has 0 saturated carbocycles. The van der Waals surface area contributed by atoms with E-state index in [9.17, 15) is 9.18 Å². The van der Waals surface area contributed by atoms with E-state index in [1.165, 1.54) is 36.6 Å². The van der Waals surface area contributed by atoms with Gasteiger partial charge in [0.1, 0.15) is 17.9 Å². The molecular weight excluding hydrogens is 349 g/mol. The molecule has 0 fully saturated rings. The number of ether oxygens (including phenoxy) is 1. The third-order valence-electron chi connectivity index (χ3n) is 4.39. The Morgan fingerprint density at radius 2 is 2.07 bits per heavy atom. The molecule has 3 aromatic rings. The Morgan fingerprint density at radius 1 is 1.30 bits per heavy atom. The minimum Gasteiger partial charge on any atom is -0.497 e. The predicted molar refractivity (Wildman–Crippen MR) is 101 cm³/mol. The van der Waals surface area contributed by atoms with Crippen LogP contribution in [0.25, 0.3) is 10.9 Å². The number of rotatable bonds is 6. The highest BCUT2D eigenvalue weighted by atomic mass is 19.1. The first-order chi connectivity index (χ1) is 13.0. The Hall–Kier alpha value is -3.26. The number of aromatic nitrogens is 2. The van der Waals surface area contributed by atoms with Gasteiger partial charge in [0, 0.05) is 5.39 Å². The van der Waals surface area contributed by atoms with Gasteiger partial charge in [0.2, 0.25) is 0 Å². The minimum absolute atomic E-state index is 0.209. The van der Waals surface area contributed by atoms with Gasteiger partial charge >= 0.3 is 0 Å². The van der Waals surface area contributed by atoms with Crippen LogP contribution < -0.4 is 21.3 Å². The van der Waals surface area contributed by atoms with Gasteiger partial charge in [-0.2, -0.15) is 0 Å². The molecule has 0 saturated heterocycles. The molecule has 27 heavy (non-hydrogen) atoms. The lowest BCUT2D eigenvalue weighted by Crippen LogP contribution is -2.36. The number of halogens is 1. The van der Waals surface area contributed by atoms with Crippen molar-refractivity contribution in [3.8, 4) is 5.75 Å². The summed E-state index contributed by atoms with van der Waals surface area (Å²) in [7, 11) is 1.48. The van der Waals surface area contributed by atoms with Crippen LogP contribution in [0.3, 0.4) is 0 Å². The normalized spacial score (nSPS) is 12.0. The molecule has 7 nitrogen and oxygen atoms in total. The minimum atomic E-state index is -0.635. The van der Waals surface area contributed by atoms with E-state index in [1.807, 2.05) is 6.92 Å². The average Bonchev–Trinajstić information content (AvgIpc) is 2.67. The molecule has 0 aliphatic heterocycles. The van der Waals surface area contributed by atoms with Crippen LogP contribution >= 0.6 is 0 Å². The molecule has 1 heterocycles. The number of fused-ring (bicyclic) bond motifs is 1. The second-order valence-electron chi connectivity index (χ2n) is 6.02. The number of nitrogens with zero attached hydrogens (tertiary/aromatic N) is 3. The van der Waals surface area contributed by atoms with Crippen LogP contribution in [0.15, 0.2) is 42.7 Å². The van der Waals surface area contributed by atoms with Crippen LogP contribution in [0.2, 0.25) is 0 Å². The number of anilines is 1. The van der Waals surface area contributed by atoms with E-state index < -0.39 is 5.91 Å². The molecule has 1 aromatic heterocycles. The number of primary amides is 1. The SMILES string of the molecule is CCC(c1cccc(F)c1)N(N)c1ncnc2c(C(N)=O)cc(OC)cc12. The Balaban J connectivity index is 2.17. The zero-order valence-electron chi connectivity index (χ0n) is 15.0. The molecular formula is C19H20FN5O2. The average molecular weight is 369 g/mol. The number of nitrogens with two attached hydrogens (primary N) is 2. The standard InChI is InChI=1S/C19H20FN5O2/c1-3-16(11-5-4-6-12(20)7-11)25(22)19-15-9-13(27-2)8-14(18(21)26)17(15)23-10-24-19/h4-10,16H,3,22H2,1-2H3,(H2,21,26). The molecule has 1 amide bonds. The molecule has 1 unspecified atom stereocenters. The first-order valence-corrected chi connectivity index (χ1v) is 8.38. The van der Waals surface area contributed by atoms with Crippen molar-refractivity contribution in [2.24, 2.45) is 11.6 Å². The second-order valence-corrected chi connectivity index (χ2v) is 6.02. The summed E-state index contributed by atoms with van der Waals surface area (Å²) in [6.45, 7) is 1.94. The molecule has 140 valence electrons. The van der Waals surface area contributed by atoms with Crippen molar-refractivity contribution in [1.29, 1.82) is 0 Å². The first kappa shape index (κ1) is 18.5. The summed E-state index contributed by atoms with van der Waals surface area (Å²) in [5.74, 6) is 6.22. The Labute approximate surface area is 155 Å². The van der Waals surface area contributed by atoms with Gasteiger partial charge in [-0.25, -0.2) is 20.2 Å². The van der Waals surface area contributed by atoms with E-state index in [-0.39, 0.29) is 17.4 Å². The Bertz CT molecular complexity index is 995. The smallest absolute Gasteiger partial charge is 0.251 e. The number of hydrogen-bond acceptors (Lipinski definition) is 6. The third-order valence-corrected chi connectivity index (χ3v) is 4.39. The summed E-state index contributed by atoms with van der Waals surface area (Å²) in [6, 6.07) is 9.13. The summed E-state index contributed by atoms with van der Waals surface area (Å²) in [5.41, 5.74) is 6.78. The van der Waals surface area contributed by atoms with E-state index in [4.69, 9.17) is 16.3 Å². The molecule has 0 bridgehead atoms. The van der Waals surface area contributed by atoms with Crippen LogP contribution in [0.5, 0.6) is 5.75 Å². The quantitative estimate of drug-likeness (QED) is 0.511. The summed E-state index contributed by atoms with van der Waals surface area (Å²) in [4.78, 5) is 20.3. The van der Waals surface area contributed by atoms with Crippen molar-refractivity contribution >= 4 is 22.6 Å². The van der Waals surface area contributed by atoms with Crippen molar-refractivity contribution in [1.82, 2.24) is 9.97 Å². The number of hydrazine groups is 1. The van der Waals surface area contributed by atoms with Crippen LogP contribution in [0.1, 0.15) is 35.3 Å². The number of carbonyl (C=O) groups excluding carboxylic acids is 1. The van der Waals surface area contributed by atoms with Gasteiger partial charge in [0.05, 0.1) is 24.2 Å². The van der Waals surface area contributed by atoms with Crippen LogP contribution in [-0.2, 0) is 0 Å². The zero-order valence-corrected chi connectivity index (χ0v) is 15.0. The highest BCUT2D eigenvalue weighted by molar-refractivity contribution is 6.07. The van der Waals surface area contributed by atoms with Gasteiger partial charge in [0.15, 0.2) is 5.82 Å². The van der Waals surface area contributed by atoms with Crippen LogP contribution in [0.4, 0.5) is 10.2 Å². The topological polar surface area (TPSA) is 107 Å². The molecule has 3 rings (SSSR count). The summed E-state index contributed by atoms with van der Waals surface area (Å²) >= 11 is 0. The fourth-order valence-corrected chi connectivity index (χ4v) is 3.09. The van der Waals surface area contributed by atoms with Gasteiger partial charge in [-0.05, 0) is 36.2 Å². The lowest BCUT2D eigenvalue weighted by molar-refractivity contribution is 0.100. The van der Waals surface area contributed by atoms with Crippen molar-refractivity contribution in [3.63, 3.8) is 0 Å². The maximum absolute atomic E-state index is 13.7. The van der Waals surface area contributed by atoms with E-state index in [0.29, 0.717) is 34.5 Å². The molecule has 8 heteroatoms. The highest BCUT2D eigenvalue weighted by Crippen LogP contribution is 2.33. The van der Waals surface area contributed by atoms with Crippen LogP contribution in [-0.4, -0.2) is 23.0 Å². The van der Waals surface area contributed by atoms with Gasteiger partial charge in [-0.15, -0.1) is 0 Å². The van der Waals surface area contributed by atoms with Crippen molar-refractivity contribution in [2.45, 2.75) is 19.4 Å². The number of benzene rings is 2. The van der Waals surface area contributed by atoms with Crippen molar-refractivity contribution in [3.05, 3.63) is 59.7 Å². The fourth-order valence-electron chi connectivity index (χ4n) is 3.09. The second kappa shape index (κ2) is 7.55. The monoisotopic (exact) mass is 369 g/mol. The molecule has 4 N–H and O–H groups in total. The molecule has 0 aliphatic rings. The van der Waals surface area contributed by atoms with E-state index in [0.717, 1.165) is 0 Å². The lowest BCUT2D eigenvalue weighted by Gasteiger charge is -2.29. The predicted octanol–water partition coefficient (Wildman–Crippen LogP) is 2.71. The Morgan fingerprint density at radius 3 is 2.70 bits per heavy atom. The van der Waals surface area contributed by atoms with Gasteiger partial charge in [-0.1, -0.05) is 19.1 Å². The maximum Gasteiger partial charge on any atom is 0.251 e. The summed E-state index contributed by atoms with van der Waals surface area (Å²) in [5, 5.41) is 1.96. The number of carbonyl (C=O) groups is 1. The first-order valence-electron chi connectivity index (χ1n) is 8.38. The molecule has 0 spiro atoms. The van der Waals surface area contributed by atoms with E-state index in [1.54, 1.807) is 18.2 Å². The molecule has 1 atom stereocenters. The van der Waals surface area contributed by atoms with Gasteiger partial charge < -0.3 is 10.5 Å². The maximum atomic E-state index is 13.7. The number of methoxy groups -OCH3 is 1. The lowest BCUT2D eigenvalue weighted by atomic mass is 10.0. The fraction of sp³-hybridized carbons (Fsp3) is 0.211.